The fourth-order valence-corrected chi connectivity index (χ4v) is 3.84. The molecule has 0 bridgehead atoms. The predicted molar refractivity (Wildman–Crippen MR) is 89.5 cm³/mol. The van der Waals surface area contributed by atoms with Crippen molar-refractivity contribution >= 4 is 43.5 Å². The average molecular weight is 457 g/mol. The molecule has 1 aliphatic rings. The first-order valence-electron chi connectivity index (χ1n) is 7.17. The van der Waals surface area contributed by atoms with Gasteiger partial charge >= 0.3 is 6.09 Å². The van der Waals surface area contributed by atoms with Gasteiger partial charge in [-0.3, -0.25) is 14.9 Å². The zero-order chi connectivity index (χ0) is 19.9. The molecule has 2 N–H and O–H groups in total. The van der Waals surface area contributed by atoms with Crippen LogP contribution in [0.25, 0.3) is 0 Å². The highest BCUT2D eigenvalue weighted by atomic mass is 79.9. The Morgan fingerprint density at radius 2 is 2.00 bits per heavy atom. The van der Waals surface area contributed by atoms with Gasteiger partial charge in [0.1, 0.15) is 11.8 Å². The van der Waals surface area contributed by atoms with E-state index < -0.39 is 56.4 Å². The van der Waals surface area contributed by atoms with Crippen molar-refractivity contribution in [2.24, 2.45) is 0 Å². The second kappa shape index (κ2) is 7.08. The summed E-state index contributed by atoms with van der Waals surface area (Å²) in [6.45, 7) is 0.670. The number of benzene rings is 1. The van der Waals surface area contributed by atoms with Gasteiger partial charge in [-0.05, 0) is 19.1 Å². The summed E-state index contributed by atoms with van der Waals surface area (Å²) in [6, 6.07) is 1.91. The van der Waals surface area contributed by atoms with E-state index in [0.29, 0.717) is 4.90 Å². The molecule has 12 heteroatoms. The third-order valence-electron chi connectivity index (χ3n) is 4.14. The van der Waals surface area contributed by atoms with E-state index in [4.69, 9.17) is 9.94 Å². The van der Waals surface area contributed by atoms with Gasteiger partial charge in [-0.2, -0.15) is 0 Å². The fraction of sp³-hybridized carbons (Fsp3) is 0.429. The van der Waals surface area contributed by atoms with Crippen molar-refractivity contribution in [2.45, 2.75) is 24.2 Å². The quantitative estimate of drug-likeness (QED) is 0.515. The largest absolute Gasteiger partial charge is 0.444 e. The number of sulfone groups is 1. The topological polar surface area (TPSA) is 113 Å². The summed E-state index contributed by atoms with van der Waals surface area (Å²) in [5.41, 5.74) is 0.622. The van der Waals surface area contributed by atoms with E-state index in [9.17, 15) is 26.8 Å². The molecule has 1 aromatic rings. The zero-order valence-corrected chi connectivity index (χ0v) is 16.0. The number of carbonyl (C=O) groups is 2. The lowest BCUT2D eigenvalue weighted by Gasteiger charge is -2.26. The Hall–Kier alpha value is -1.79. The number of amides is 2. The van der Waals surface area contributed by atoms with Gasteiger partial charge < -0.3 is 4.74 Å². The minimum Gasteiger partial charge on any atom is -0.444 e. The summed E-state index contributed by atoms with van der Waals surface area (Å²) < 4.78 is 55.0. The molecule has 0 aliphatic carbocycles. The summed E-state index contributed by atoms with van der Waals surface area (Å²) in [7, 11) is -4.02. The van der Waals surface area contributed by atoms with Crippen LogP contribution in [0.4, 0.5) is 19.3 Å². The lowest BCUT2D eigenvalue weighted by atomic mass is 10.0. The Morgan fingerprint density at radius 3 is 2.46 bits per heavy atom. The van der Waals surface area contributed by atoms with Crippen molar-refractivity contribution in [3.8, 4) is 0 Å². The molecule has 8 nitrogen and oxygen atoms in total. The van der Waals surface area contributed by atoms with Gasteiger partial charge in [0.25, 0.3) is 5.91 Å². The zero-order valence-electron chi connectivity index (χ0n) is 13.6. The molecule has 0 radical (unpaired) electrons. The number of nitrogens with zero attached hydrogens (tertiary/aromatic N) is 1. The molecule has 1 heterocycles. The van der Waals surface area contributed by atoms with Crippen LogP contribution in [0.1, 0.15) is 13.3 Å². The van der Waals surface area contributed by atoms with Gasteiger partial charge in [0.15, 0.2) is 26.2 Å². The van der Waals surface area contributed by atoms with Crippen LogP contribution in [0.2, 0.25) is 0 Å². The molecule has 2 rings (SSSR count). The predicted octanol–water partition coefficient (Wildman–Crippen LogP) is 1.75. The van der Waals surface area contributed by atoms with E-state index in [1.54, 1.807) is 0 Å². The third kappa shape index (κ3) is 3.67. The standard InChI is InChI=1S/C14H15BrF2N2O6S/c1-14(12(20)18-22,26(2,23)24)5-8-6-19(13(21)25-8)11-9(16)3-7(15)4-10(11)17/h3-4,8,22H,5-6H2,1-2H3,(H,18,20). The number of halogens is 3. The van der Waals surface area contributed by atoms with Crippen LogP contribution in [-0.4, -0.2) is 49.3 Å². The number of rotatable bonds is 5. The van der Waals surface area contributed by atoms with Gasteiger partial charge in [-0.1, -0.05) is 15.9 Å². The normalized spacial score (nSPS) is 19.8. The Bertz CT molecular complexity index is 842. The summed E-state index contributed by atoms with van der Waals surface area (Å²) in [6.07, 6.45) is -1.97. The molecule has 1 saturated heterocycles. The van der Waals surface area contributed by atoms with Crippen molar-refractivity contribution in [1.29, 1.82) is 0 Å². The van der Waals surface area contributed by atoms with E-state index in [1.807, 2.05) is 0 Å². The summed E-state index contributed by atoms with van der Waals surface area (Å²) in [5.74, 6) is -3.25. The van der Waals surface area contributed by atoms with Crippen LogP contribution in [0.3, 0.4) is 0 Å². The molecule has 1 fully saturated rings. The van der Waals surface area contributed by atoms with Crippen molar-refractivity contribution in [2.75, 3.05) is 17.7 Å². The molecule has 2 amide bonds. The number of hydrogen-bond donors (Lipinski definition) is 2. The second-order valence-corrected chi connectivity index (χ2v) is 9.34. The van der Waals surface area contributed by atoms with E-state index in [-0.39, 0.29) is 11.0 Å². The lowest BCUT2D eigenvalue weighted by molar-refractivity contribution is -0.132. The van der Waals surface area contributed by atoms with E-state index in [0.717, 1.165) is 25.3 Å². The number of anilines is 1. The van der Waals surface area contributed by atoms with Crippen molar-refractivity contribution in [3.05, 3.63) is 28.2 Å². The van der Waals surface area contributed by atoms with Crippen LogP contribution < -0.4 is 10.4 Å². The molecule has 2 atom stereocenters. The molecule has 0 spiro atoms. The minimum atomic E-state index is -4.02. The molecule has 0 saturated carbocycles. The fourth-order valence-electron chi connectivity index (χ4n) is 2.57. The number of ether oxygens (including phenoxy) is 1. The van der Waals surface area contributed by atoms with Gasteiger partial charge in [0.05, 0.1) is 6.54 Å². The summed E-state index contributed by atoms with van der Waals surface area (Å²) in [4.78, 5) is 24.5. The van der Waals surface area contributed by atoms with Gasteiger partial charge in [0.2, 0.25) is 0 Å². The Morgan fingerprint density at radius 1 is 1.46 bits per heavy atom. The van der Waals surface area contributed by atoms with Crippen LogP contribution in [-0.2, 0) is 19.4 Å². The molecular formula is C14H15BrF2N2O6S. The lowest BCUT2D eigenvalue weighted by Crippen LogP contribution is -2.51. The monoisotopic (exact) mass is 456 g/mol. The maximum Gasteiger partial charge on any atom is 0.414 e. The Kier molecular flexibility index (Phi) is 5.59. The SMILES string of the molecule is CC(CC1CN(c2c(F)cc(Br)cc2F)C(=O)O1)(C(=O)NO)S(C)(=O)=O. The molecule has 1 aromatic carbocycles. The molecule has 2 unspecified atom stereocenters. The first-order chi connectivity index (χ1) is 11.9. The first-order valence-corrected chi connectivity index (χ1v) is 9.86. The van der Waals surface area contributed by atoms with Crippen LogP contribution in [0, 0.1) is 11.6 Å². The Labute approximate surface area is 156 Å². The van der Waals surface area contributed by atoms with Crippen molar-refractivity contribution < 1.29 is 36.7 Å². The van der Waals surface area contributed by atoms with E-state index in [1.165, 1.54) is 5.48 Å². The summed E-state index contributed by atoms with van der Waals surface area (Å²) in [5, 5.41) is 8.80. The molecule has 26 heavy (non-hydrogen) atoms. The van der Waals surface area contributed by atoms with Crippen LogP contribution in [0.15, 0.2) is 16.6 Å². The number of hydrogen-bond acceptors (Lipinski definition) is 6. The molecule has 0 aromatic heterocycles. The maximum absolute atomic E-state index is 14.1. The van der Waals surface area contributed by atoms with Crippen molar-refractivity contribution in [3.63, 3.8) is 0 Å². The minimum absolute atomic E-state index is 0.129. The number of nitrogens with one attached hydrogen (secondary N) is 1. The van der Waals surface area contributed by atoms with Gasteiger partial charge in [-0.25, -0.2) is 27.5 Å². The number of cyclic esters (lactones) is 1. The van der Waals surface area contributed by atoms with Crippen molar-refractivity contribution in [1.82, 2.24) is 5.48 Å². The Balaban J connectivity index is 2.32. The second-order valence-electron chi connectivity index (χ2n) is 5.98. The highest BCUT2D eigenvalue weighted by Crippen LogP contribution is 2.33. The number of carbonyl (C=O) groups excluding carboxylic acids is 2. The van der Waals surface area contributed by atoms with Gasteiger partial charge in [0, 0.05) is 17.1 Å². The van der Waals surface area contributed by atoms with E-state index >= 15 is 0 Å². The average Bonchev–Trinajstić information content (AvgIpc) is 2.84. The van der Waals surface area contributed by atoms with Gasteiger partial charge in [-0.15, -0.1) is 0 Å². The maximum atomic E-state index is 14.1. The van der Waals surface area contributed by atoms with Crippen LogP contribution in [0.5, 0.6) is 0 Å². The van der Waals surface area contributed by atoms with E-state index in [2.05, 4.69) is 15.9 Å². The first kappa shape index (κ1) is 20.5. The third-order valence-corrected chi connectivity index (χ3v) is 6.59. The van der Waals surface area contributed by atoms with Crippen LogP contribution >= 0.6 is 15.9 Å². The number of hydroxylamine groups is 1. The highest BCUT2D eigenvalue weighted by molar-refractivity contribution is 9.10. The summed E-state index contributed by atoms with van der Waals surface area (Å²) >= 11 is 2.92. The molecule has 1 aliphatic heterocycles. The highest BCUT2D eigenvalue weighted by Gasteiger charge is 2.48. The smallest absolute Gasteiger partial charge is 0.414 e. The molecule has 144 valence electrons. The molecular weight excluding hydrogens is 442 g/mol.